The number of carbonyl (C=O) groups is 1. The highest BCUT2D eigenvalue weighted by Crippen LogP contribution is 2.28. The van der Waals surface area contributed by atoms with Crippen LogP contribution in [0.1, 0.15) is 38.5 Å². The van der Waals surface area contributed by atoms with Gasteiger partial charge in [-0.3, -0.25) is 4.79 Å². The number of rotatable bonds is 5. The first-order chi connectivity index (χ1) is 9.45. The van der Waals surface area contributed by atoms with Gasteiger partial charge in [-0.2, -0.15) is 4.31 Å². The van der Waals surface area contributed by atoms with E-state index in [1.54, 1.807) is 4.90 Å². The van der Waals surface area contributed by atoms with Crippen molar-refractivity contribution in [1.29, 1.82) is 0 Å². The van der Waals surface area contributed by atoms with E-state index >= 15 is 0 Å². The lowest BCUT2D eigenvalue weighted by Gasteiger charge is -2.42. The summed E-state index contributed by atoms with van der Waals surface area (Å²) in [5.41, 5.74) is 0. The number of aliphatic hydroxyl groups excluding tert-OH is 1. The highest BCUT2D eigenvalue weighted by molar-refractivity contribution is 7.88. The maximum Gasteiger partial charge on any atom is 0.241 e. The molecule has 0 spiro atoms. The smallest absolute Gasteiger partial charge is 0.241 e. The van der Waals surface area contributed by atoms with Gasteiger partial charge in [0.15, 0.2) is 0 Å². The Bertz CT molecular complexity index is 447. The first kappa shape index (κ1) is 15.7. The van der Waals surface area contributed by atoms with Crippen LogP contribution in [0.5, 0.6) is 0 Å². The summed E-state index contributed by atoms with van der Waals surface area (Å²) >= 11 is 0. The number of sulfonamides is 1. The number of hydrogen-bond donors (Lipinski definition) is 1. The molecule has 0 bridgehead atoms. The number of aliphatic hydroxyl groups is 1. The van der Waals surface area contributed by atoms with Gasteiger partial charge in [0, 0.05) is 19.1 Å². The predicted molar refractivity (Wildman–Crippen MR) is 75.6 cm³/mol. The molecule has 1 atom stereocenters. The Hall–Kier alpha value is -0.660. The van der Waals surface area contributed by atoms with Gasteiger partial charge in [-0.25, -0.2) is 8.42 Å². The number of hydrogen-bond acceptors (Lipinski definition) is 4. The molecule has 1 saturated heterocycles. The van der Waals surface area contributed by atoms with Crippen molar-refractivity contribution in [3.63, 3.8) is 0 Å². The summed E-state index contributed by atoms with van der Waals surface area (Å²) in [7, 11) is -3.36. The van der Waals surface area contributed by atoms with Crippen LogP contribution in [0, 0.1) is 0 Å². The van der Waals surface area contributed by atoms with Gasteiger partial charge in [0.1, 0.15) is 6.04 Å². The molecule has 2 aliphatic rings. The molecule has 0 aromatic carbocycles. The zero-order valence-electron chi connectivity index (χ0n) is 12.0. The summed E-state index contributed by atoms with van der Waals surface area (Å²) in [5.74, 6) is -0.131. The fourth-order valence-corrected chi connectivity index (χ4v) is 4.14. The van der Waals surface area contributed by atoms with Gasteiger partial charge in [0.25, 0.3) is 0 Å². The van der Waals surface area contributed by atoms with Crippen LogP contribution in [-0.2, 0) is 14.8 Å². The molecule has 0 aromatic heterocycles. The molecule has 1 amide bonds. The summed E-state index contributed by atoms with van der Waals surface area (Å²) in [6, 6.07) is -0.399. The van der Waals surface area contributed by atoms with E-state index in [1.165, 1.54) is 10.6 Å². The lowest BCUT2D eigenvalue weighted by molar-refractivity contribution is -0.141. The van der Waals surface area contributed by atoms with Crippen molar-refractivity contribution in [3.05, 3.63) is 0 Å². The number of amides is 1. The molecule has 0 radical (unpaired) electrons. The van der Waals surface area contributed by atoms with Crippen molar-refractivity contribution in [2.45, 2.75) is 50.6 Å². The van der Waals surface area contributed by atoms with Gasteiger partial charge in [-0.15, -0.1) is 0 Å². The highest BCUT2D eigenvalue weighted by Gasteiger charge is 2.39. The van der Waals surface area contributed by atoms with Crippen LogP contribution in [0.25, 0.3) is 0 Å². The molecule has 1 aliphatic carbocycles. The van der Waals surface area contributed by atoms with E-state index in [1.807, 2.05) is 0 Å². The number of nitrogens with zero attached hydrogens (tertiary/aromatic N) is 2. The van der Waals surface area contributed by atoms with Gasteiger partial charge >= 0.3 is 0 Å². The van der Waals surface area contributed by atoms with Crippen LogP contribution in [0.15, 0.2) is 0 Å². The Morgan fingerprint density at radius 1 is 1.25 bits per heavy atom. The summed E-state index contributed by atoms with van der Waals surface area (Å²) < 4.78 is 25.0. The second-order valence-electron chi connectivity index (χ2n) is 5.73. The zero-order valence-corrected chi connectivity index (χ0v) is 12.8. The van der Waals surface area contributed by atoms with Gasteiger partial charge in [-0.1, -0.05) is 6.42 Å². The van der Waals surface area contributed by atoms with Crippen molar-refractivity contribution in [3.8, 4) is 0 Å². The van der Waals surface area contributed by atoms with Crippen molar-refractivity contribution >= 4 is 15.9 Å². The normalized spacial score (nSPS) is 25.2. The van der Waals surface area contributed by atoms with Gasteiger partial charge in [0.05, 0.1) is 12.9 Å². The molecule has 1 saturated carbocycles. The van der Waals surface area contributed by atoms with E-state index in [0.29, 0.717) is 19.5 Å². The molecule has 1 heterocycles. The standard InChI is InChI=1S/C13H24N2O4S/c1-20(18,19)15-8-3-2-7-12(15)13(17)14(9-10-16)11-5-4-6-11/h11-12,16H,2-10H2,1H3. The van der Waals surface area contributed by atoms with Gasteiger partial charge < -0.3 is 10.0 Å². The van der Waals surface area contributed by atoms with E-state index in [0.717, 1.165) is 32.1 Å². The number of piperidine rings is 1. The van der Waals surface area contributed by atoms with Crippen molar-refractivity contribution < 1.29 is 18.3 Å². The van der Waals surface area contributed by atoms with Crippen LogP contribution >= 0.6 is 0 Å². The SMILES string of the molecule is CS(=O)(=O)N1CCCCC1C(=O)N(CCO)C1CCC1. The van der Waals surface area contributed by atoms with E-state index in [9.17, 15) is 13.2 Å². The summed E-state index contributed by atoms with van der Waals surface area (Å²) in [5, 5.41) is 9.15. The first-order valence-corrected chi connectivity index (χ1v) is 9.18. The number of carbonyl (C=O) groups excluding carboxylic acids is 1. The Kier molecular flexibility index (Phi) is 5.04. The van der Waals surface area contributed by atoms with Gasteiger partial charge in [0.2, 0.25) is 15.9 Å². The largest absolute Gasteiger partial charge is 0.395 e. The average molecular weight is 304 g/mol. The van der Waals surface area contributed by atoms with Crippen LogP contribution in [0.4, 0.5) is 0 Å². The molecule has 6 nitrogen and oxygen atoms in total. The van der Waals surface area contributed by atoms with E-state index in [4.69, 9.17) is 5.11 Å². The minimum atomic E-state index is -3.36. The summed E-state index contributed by atoms with van der Waals surface area (Å²) in [4.78, 5) is 14.4. The van der Waals surface area contributed by atoms with E-state index in [-0.39, 0.29) is 18.6 Å². The quantitative estimate of drug-likeness (QED) is 0.785. The molecule has 2 rings (SSSR count). The molecule has 20 heavy (non-hydrogen) atoms. The maximum atomic E-state index is 12.7. The second kappa shape index (κ2) is 6.41. The van der Waals surface area contributed by atoms with Gasteiger partial charge in [-0.05, 0) is 32.1 Å². The highest BCUT2D eigenvalue weighted by atomic mass is 32.2. The van der Waals surface area contributed by atoms with Crippen LogP contribution < -0.4 is 0 Å². The molecular weight excluding hydrogens is 280 g/mol. The Balaban J connectivity index is 2.14. The average Bonchev–Trinajstić information content (AvgIpc) is 2.34. The monoisotopic (exact) mass is 304 g/mol. The molecule has 2 fully saturated rings. The van der Waals surface area contributed by atoms with Crippen molar-refractivity contribution in [2.24, 2.45) is 0 Å². The molecule has 116 valence electrons. The third kappa shape index (κ3) is 3.32. The molecule has 7 heteroatoms. The summed E-state index contributed by atoms with van der Waals surface area (Å²) in [6.45, 7) is 0.651. The van der Waals surface area contributed by atoms with Crippen LogP contribution in [-0.4, -0.2) is 66.7 Å². The fraction of sp³-hybridized carbons (Fsp3) is 0.923. The molecule has 1 N–H and O–H groups in total. The lowest BCUT2D eigenvalue weighted by atomic mass is 9.90. The van der Waals surface area contributed by atoms with Crippen LogP contribution in [0.3, 0.4) is 0 Å². The molecule has 0 aromatic rings. The van der Waals surface area contributed by atoms with Crippen molar-refractivity contribution in [2.75, 3.05) is 26.0 Å². The fourth-order valence-electron chi connectivity index (χ4n) is 3.02. The topological polar surface area (TPSA) is 77.9 Å². The third-order valence-electron chi connectivity index (χ3n) is 4.30. The zero-order chi connectivity index (χ0) is 14.8. The summed E-state index contributed by atoms with van der Waals surface area (Å²) in [6.07, 6.45) is 6.44. The Morgan fingerprint density at radius 3 is 2.45 bits per heavy atom. The Labute approximate surface area is 120 Å². The molecular formula is C13H24N2O4S. The second-order valence-corrected chi connectivity index (χ2v) is 7.66. The van der Waals surface area contributed by atoms with Crippen molar-refractivity contribution in [1.82, 2.24) is 9.21 Å². The minimum absolute atomic E-state index is 0.0756. The predicted octanol–water partition coefficient (Wildman–Crippen LogP) is 0.174. The lowest BCUT2D eigenvalue weighted by Crippen LogP contribution is -2.56. The molecule has 1 unspecified atom stereocenters. The Morgan fingerprint density at radius 2 is 1.95 bits per heavy atom. The van der Waals surface area contributed by atoms with E-state index in [2.05, 4.69) is 0 Å². The van der Waals surface area contributed by atoms with E-state index < -0.39 is 16.1 Å². The minimum Gasteiger partial charge on any atom is -0.395 e. The van der Waals surface area contributed by atoms with Crippen LogP contribution in [0.2, 0.25) is 0 Å². The first-order valence-electron chi connectivity index (χ1n) is 7.33. The maximum absolute atomic E-state index is 12.7. The molecule has 1 aliphatic heterocycles. The third-order valence-corrected chi connectivity index (χ3v) is 5.59.